The van der Waals surface area contributed by atoms with Gasteiger partial charge in [-0.15, -0.1) is 0 Å². The number of anilines is 1. The summed E-state index contributed by atoms with van der Waals surface area (Å²) in [7, 11) is 0. The molecule has 0 bridgehead atoms. The molecule has 4 heterocycles. The quantitative estimate of drug-likeness (QED) is 0.717. The van der Waals surface area contributed by atoms with Gasteiger partial charge < -0.3 is 9.42 Å². The zero-order chi connectivity index (χ0) is 18.1. The summed E-state index contributed by atoms with van der Waals surface area (Å²) in [5, 5.41) is 3.91. The van der Waals surface area contributed by atoms with Crippen LogP contribution in [0, 0.1) is 20.8 Å². The van der Waals surface area contributed by atoms with Crippen molar-refractivity contribution in [2.24, 2.45) is 0 Å². The van der Waals surface area contributed by atoms with Crippen LogP contribution in [0.1, 0.15) is 41.7 Å². The first-order chi connectivity index (χ1) is 12.6. The van der Waals surface area contributed by atoms with Crippen LogP contribution in [0.25, 0.3) is 11.5 Å². The molecule has 0 radical (unpaired) electrons. The summed E-state index contributed by atoms with van der Waals surface area (Å²) in [6, 6.07) is 5.80. The lowest BCUT2D eigenvalue weighted by molar-refractivity contribution is 0.327. The highest BCUT2D eigenvalue weighted by atomic mass is 16.5. The maximum Gasteiger partial charge on any atom is 0.229 e. The zero-order valence-electron chi connectivity index (χ0n) is 15.3. The molecule has 0 aliphatic carbocycles. The Morgan fingerprint density at radius 2 is 1.85 bits per heavy atom. The molecule has 134 valence electrons. The van der Waals surface area contributed by atoms with Crippen LogP contribution in [0.5, 0.6) is 0 Å². The molecule has 0 atom stereocenters. The summed E-state index contributed by atoms with van der Waals surface area (Å²) in [5.41, 5.74) is 2.91. The van der Waals surface area contributed by atoms with E-state index in [2.05, 4.69) is 31.9 Å². The predicted octanol–water partition coefficient (Wildman–Crippen LogP) is 3.23. The summed E-state index contributed by atoms with van der Waals surface area (Å²) in [6.07, 6.45) is 3.72. The topological polar surface area (TPSA) is 80.8 Å². The molecule has 1 fully saturated rings. The van der Waals surface area contributed by atoms with E-state index in [-0.39, 0.29) is 0 Å². The minimum atomic E-state index is 0.325. The molecule has 26 heavy (non-hydrogen) atoms. The van der Waals surface area contributed by atoms with E-state index in [1.807, 2.05) is 32.0 Å². The number of pyridine rings is 1. The van der Waals surface area contributed by atoms with Gasteiger partial charge in [-0.25, -0.2) is 9.97 Å². The van der Waals surface area contributed by atoms with Crippen LogP contribution in [0.2, 0.25) is 0 Å². The van der Waals surface area contributed by atoms with Gasteiger partial charge in [-0.3, -0.25) is 4.98 Å². The summed E-state index contributed by atoms with van der Waals surface area (Å²) >= 11 is 0. The number of hydrogen-bond acceptors (Lipinski definition) is 7. The van der Waals surface area contributed by atoms with Crippen LogP contribution in [0.15, 0.2) is 28.9 Å². The monoisotopic (exact) mass is 350 g/mol. The van der Waals surface area contributed by atoms with Gasteiger partial charge in [0, 0.05) is 36.5 Å². The van der Waals surface area contributed by atoms with E-state index in [4.69, 9.17) is 9.51 Å². The molecule has 0 N–H and O–H groups in total. The standard InChI is InChI=1S/C19H22N6O/c1-12-13(2)21-17(16-6-4-5-9-20-16)23-18(12)25-10-7-15(8-11-25)19-22-14(3)24-26-19/h4-6,9,15H,7-8,10-11H2,1-3H3. The molecule has 1 aliphatic rings. The van der Waals surface area contributed by atoms with Crippen molar-refractivity contribution in [3.63, 3.8) is 0 Å². The summed E-state index contributed by atoms with van der Waals surface area (Å²) in [5.74, 6) is 3.46. The van der Waals surface area contributed by atoms with Gasteiger partial charge in [-0.05, 0) is 45.7 Å². The summed E-state index contributed by atoms with van der Waals surface area (Å²) in [6.45, 7) is 7.78. The minimum Gasteiger partial charge on any atom is -0.356 e. The molecule has 1 saturated heterocycles. The maximum atomic E-state index is 5.35. The minimum absolute atomic E-state index is 0.325. The number of aromatic nitrogens is 5. The highest BCUT2D eigenvalue weighted by molar-refractivity contribution is 5.57. The second-order valence-corrected chi connectivity index (χ2v) is 6.74. The van der Waals surface area contributed by atoms with Gasteiger partial charge in [0.05, 0.1) is 0 Å². The molecule has 4 rings (SSSR count). The zero-order valence-corrected chi connectivity index (χ0v) is 15.3. The predicted molar refractivity (Wildman–Crippen MR) is 98.0 cm³/mol. The summed E-state index contributed by atoms with van der Waals surface area (Å²) < 4.78 is 5.35. The second kappa shape index (κ2) is 6.82. The van der Waals surface area contributed by atoms with Crippen molar-refractivity contribution in [2.75, 3.05) is 18.0 Å². The van der Waals surface area contributed by atoms with E-state index in [0.717, 1.165) is 54.6 Å². The van der Waals surface area contributed by atoms with Gasteiger partial charge in [0.1, 0.15) is 11.5 Å². The smallest absolute Gasteiger partial charge is 0.229 e. The highest BCUT2D eigenvalue weighted by Gasteiger charge is 2.27. The summed E-state index contributed by atoms with van der Waals surface area (Å²) in [4.78, 5) is 20.6. The van der Waals surface area contributed by atoms with Crippen molar-refractivity contribution < 1.29 is 4.52 Å². The fourth-order valence-corrected chi connectivity index (χ4v) is 3.35. The maximum absolute atomic E-state index is 5.35. The third kappa shape index (κ3) is 3.16. The van der Waals surface area contributed by atoms with E-state index in [1.54, 1.807) is 6.20 Å². The Morgan fingerprint density at radius 3 is 2.50 bits per heavy atom. The van der Waals surface area contributed by atoms with Gasteiger partial charge >= 0.3 is 0 Å². The first-order valence-corrected chi connectivity index (χ1v) is 8.93. The van der Waals surface area contributed by atoms with Crippen LogP contribution in [-0.2, 0) is 0 Å². The van der Waals surface area contributed by atoms with Gasteiger partial charge in [0.15, 0.2) is 11.6 Å². The number of nitrogens with zero attached hydrogens (tertiary/aromatic N) is 6. The van der Waals surface area contributed by atoms with E-state index >= 15 is 0 Å². The van der Waals surface area contributed by atoms with Gasteiger partial charge in [-0.1, -0.05) is 11.2 Å². The Labute approximate surface area is 152 Å². The molecule has 0 aromatic carbocycles. The van der Waals surface area contributed by atoms with Crippen molar-refractivity contribution in [3.05, 3.63) is 47.4 Å². The molecule has 0 saturated carbocycles. The lowest BCUT2D eigenvalue weighted by Gasteiger charge is -2.32. The van der Waals surface area contributed by atoms with Crippen molar-refractivity contribution in [2.45, 2.75) is 39.5 Å². The van der Waals surface area contributed by atoms with Crippen molar-refractivity contribution >= 4 is 5.82 Å². The number of rotatable bonds is 3. The van der Waals surface area contributed by atoms with Crippen molar-refractivity contribution in [1.82, 2.24) is 25.1 Å². The third-order valence-electron chi connectivity index (χ3n) is 4.94. The van der Waals surface area contributed by atoms with Crippen LogP contribution in [0.4, 0.5) is 5.82 Å². The van der Waals surface area contributed by atoms with Crippen LogP contribution in [0.3, 0.4) is 0 Å². The molecule has 7 heteroatoms. The van der Waals surface area contributed by atoms with Crippen molar-refractivity contribution in [3.8, 4) is 11.5 Å². The molecule has 0 spiro atoms. The Kier molecular flexibility index (Phi) is 4.36. The van der Waals surface area contributed by atoms with Crippen LogP contribution >= 0.6 is 0 Å². The largest absolute Gasteiger partial charge is 0.356 e. The SMILES string of the molecule is Cc1noc(C2CCN(c3nc(-c4ccccn4)nc(C)c3C)CC2)n1. The molecule has 3 aromatic heterocycles. The average molecular weight is 350 g/mol. The van der Waals surface area contributed by atoms with Gasteiger partial charge in [0.25, 0.3) is 0 Å². The molecule has 0 unspecified atom stereocenters. The van der Waals surface area contributed by atoms with Gasteiger partial charge in [-0.2, -0.15) is 4.98 Å². The Balaban J connectivity index is 1.57. The van der Waals surface area contributed by atoms with Crippen molar-refractivity contribution in [1.29, 1.82) is 0 Å². The Hall–Kier alpha value is -2.83. The van der Waals surface area contributed by atoms with E-state index < -0.39 is 0 Å². The molecule has 0 amide bonds. The van der Waals surface area contributed by atoms with Gasteiger partial charge in [0.2, 0.25) is 5.89 Å². The van der Waals surface area contributed by atoms with E-state index in [0.29, 0.717) is 17.6 Å². The average Bonchev–Trinajstić information content (AvgIpc) is 3.11. The molecule has 3 aromatic rings. The highest BCUT2D eigenvalue weighted by Crippen LogP contribution is 2.31. The van der Waals surface area contributed by atoms with E-state index in [9.17, 15) is 0 Å². The fraction of sp³-hybridized carbons (Fsp3) is 0.421. The fourth-order valence-electron chi connectivity index (χ4n) is 3.35. The normalized spacial score (nSPS) is 15.4. The molecular weight excluding hydrogens is 328 g/mol. The Bertz CT molecular complexity index is 900. The molecule has 7 nitrogen and oxygen atoms in total. The molecular formula is C19H22N6O. The number of aryl methyl sites for hydroxylation is 2. The third-order valence-corrected chi connectivity index (χ3v) is 4.94. The lowest BCUT2D eigenvalue weighted by Crippen LogP contribution is -2.34. The van der Waals surface area contributed by atoms with E-state index in [1.165, 1.54) is 0 Å². The Morgan fingerprint density at radius 1 is 1.04 bits per heavy atom. The second-order valence-electron chi connectivity index (χ2n) is 6.74. The van der Waals surface area contributed by atoms with Crippen LogP contribution in [-0.4, -0.2) is 38.2 Å². The number of hydrogen-bond donors (Lipinski definition) is 0. The first kappa shape index (κ1) is 16.6. The lowest BCUT2D eigenvalue weighted by atomic mass is 9.96. The molecule has 1 aliphatic heterocycles. The number of piperidine rings is 1. The van der Waals surface area contributed by atoms with Crippen LogP contribution < -0.4 is 4.90 Å². The first-order valence-electron chi connectivity index (χ1n) is 8.93.